The van der Waals surface area contributed by atoms with Crippen LogP contribution in [0.15, 0.2) is 22.7 Å². The molecular formula is C14H19Br2N. The molecule has 0 bridgehead atoms. The third kappa shape index (κ3) is 3.25. The highest BCUT2D eigenvalue weighted by Gasteiger charge is 2.20. The summed E-state index contributed by atoms with van der Waals surface area (Å²) in [4.78, 5) is 2.56. The van der Waals surface area contributed by atoms with Gasteiger partial charge >= 0.3 is 0 Å². The van der Waals surface area contributed by atoms with Gasteiger partial charge in [-0.15, -0.1) is 0 Å². The number of benzene rings is 1. The fraction of sp³-hybridized carbons (Fsp3) is 0.571. The predicted octanol–water partition coefficient (Wildman–Crippen LogP) is 4.97. The number of piperidine rings is 1. The Morgan fingerprint density at radius 2 is 2.24 bits per heavy atom. The minimum atomic E-state index is 0.871. The first kappa shape index (κ1) is 13.4. The van der Waals surface area contributed by atoms with Crippen molar-refractivity contribution in [1.29, 1.82) is 0 Å². The molecule has 1 unspecified atom stereocenters. The summed E-state index contributed by atoms with van der Waals surface area (Å²) >= 11 is 7.14. The molecule has 0 amide bonds. The minimum Gasteiger partial charge on any atom is -0.371 e. The van der Waals surface area contributed by atoms with Gasteiger partial charge in [0.05, 0.1) is 0 Å². The zero-order valence-corrected chi connectivity index (χ0v) is 13.4. The van der Waals surface area contributed by atoms with Gasteiger partial charge in [0.25, 0.3) is 0 Å². The molecule has 0 N–H and O–H groups in total. The summed E-state index contributed by atoms with van der Waals surface area (Å²) in [7, 11) is 0. The maximum atomic E-state index is 3.59. The molecule has 1 atom stereocenters. The molecule has 2 rings (SSSR count). The SMILES string of the molecule is CCC1CCCN(c2ccc(Br)cc2CBr)C1. The van der Waals surface area contributed by atoms with E-state index in [1.54, 1.807) is 0 Å². The lowest BCUT2D eigenvalue weighted by molar-refractivity contribution is 0.404. The first-order valence-corrected chi connectivity index (χ1v) is 8.25. The van der Waals surface area contributed by atoms with E-state index in [1.807, 2.05) is 0 Å². The van der Waals surface area contributed by atoms with E-state index in [4.69, 9.17) is 0 Å². The van der Waals surface area contributed by atoms with Gasteiger partial charge < -0.3 is 4.90 Å². The van der Waals surface area contributed by atoms with Crippen LogP contribution in [0.25, 0.3) is 0 Å². The van der Waals surface area contributed by atoms with Crippen molar-refractivity contribution in [3.05, 3.63) is 28.2 Å². The molecule has 1 heterocycles. The van der Waals surface area contributed by atoms with E-state index >= 15 is 0 Å². The molecule has 3 heteroatoms. The third-order valence-corrected chi connectivity index (χ3v) is 4.72. The van der Waals surface area contributed by atoms with Crippen molar-refractivity contribution in [1.82, 2.24) is 0 Å². The average Bonchev–Trinajstić information content (AvgIpc) is 2.38. The Balaban J connectivity index is 2.20. The molecule has 0 aliphatic carbocycles. The molecule has 1 fully saturated rings. The van der Waals surface area contributed by atoms with Gasteiger partial charge in [-0.2, -0.15) is 0 Å². The normalized spacial score (nSPS) is 20.6. The second-order valence-electron chi connectivity index (χ2n) is 4.77. The zero-order chi connectivity index (χ0) is 12.3. The average molecular weight is 361 g/mol. The summed E-state index contributed by atoms with van der Waals surface area (Å²) in [6, 6.07) is 6.62. The summed E-state index contributed by atoms with van der Waals surface area (Å²) in [5.41, 5.74) is 2.79. The number of halogens is 2. The molecule has 1 aromatic rings. The topological polar surface area (TPSA) is 3.24 Å². The van der Waals surface area contributed by atoms with Crippen molar-refractivity contribution in [2.45, 2.75) is 31.5 Å². The van der Waals surface area contributed by atoms with E-state index in [2.05, 4.69) is 61.9 Å². The fourth-order valence-corrected chi connectivity index (χ4v) is 3.44. The molecule has 94 valence electrons. The Labute approximate surface area is 121 Å². The van der Waals surface area contributed by atoms with Crippen LogP contribution in [0.2, 0.25) is 0 Å². The third-order valence-electron chi connectivity index (χ3n) is 3.62. The molecule has 0 radical (unpaired) electrons. The van der Waals surface area contributed by atoms with Gasteiger partial charge in [-0.05, 0) is 42.5 Å². The summed E-state index contributed by atoms with van der Waals surface area (Å²) in [5.74, 6) is 0.871. The number of nitrogens with zero attached hydrogens (tertiary/aromatic N) is 1. The van der Waals surface area contributed by atoms with Gasteiger partial charge in [0.1, 0.15) is 0 Å². The largest absolute Gasteiger partial charge is 0.371 e. The molecule has 1 aromatic carbocycles. The van der Waals surface area contributed by atoms with Gasteiger partial charge in [0.15, 0.2) is 0 Å². The van der Waals surface area contributed by atoms with Crippen LogP contribution in [-0.2, 0) is 5.33 Å². The van der Waals surface area contributed by atoms with Gasteiger partial charge in [0, 0.05) is 28.6 Å². The maximum absolute atomic E-state index is 3.59. The van der Waals surface area contributed by atoms with Crippen LogP contribution >= 0.6 is 31.9 Å². The van der Waals surface area contributed by atoms with Crippen LogP contribution in [0.1, 0.15) is 31.7 Å². The van der Waals surface area contributed by atoms with Crippen molar-refractivity contribution in [3.63, 3.8) is 0 Å². The molecule has 0 aromatic heterocycles. The van der Waals surface area contributed by atoms with Gasteiger partial charge in [-0.25, -0.2) is 0 Å². The van der Waals surface area contributed by atoms with E-state index in [9.17, 15) is 0 Å². The molecule has 1 aliphatic heterocycles. The lowest BCUT2D eigenvalue weighted by Gasteiger charge is -2.35. The Morgan fingerprint density at radius 1 is 1.41 bits per heavy atom. The Hall–Kier alpha value is -0.0200. The molecular weight excluding hydrogens is 342 g/mol. The summed E-state index contributed by atoms with van der Waals surface area (Å²) < 4.78 is 1.17. The number of alkyl halides is 1. The first-order valence-electron chi connectivity index (χ1n) is 6.34. The highest BCUT2D eigenvalue weighted by atomic mass is 79.9. The smallest absolute Gasteiger partial charge is 0.0408 e. The number of hydrogen-bond acceptors (Lipinski definition) is 1. The lowest BCUT2D eigenvalue weighted by atomic mass is 9.95. The highest BCUT2D eigenvalue weighted by molar-refractivity contribution is 9.10. The van der Waals surface area contributed by atoms with E-state index in [0.717, 1.165) is 11.2 Å². The number of anilines is 1. The van der Waals surface area contributed by atoms with Crippen LogP contribution in [0.4, 0.5) is 5.69 Å². The Morgan fingerprint density at radius 3 is 2.94 bits per heavy atom. The van der Waals surface area contributed by atoms with Crippen molar-refractivity contribution in [2.75, 3.05) is 18.0 Å². The highest BCUT2D eigenvalue weighted by Crippen LogP contribution is 2.30. The minimum absolute atomic E-state index is 0.871. The molecule has 17 heavy (non-hydrogen) atoms. The van der Waals surface area contributed by atoms with Gasteiger partial charge in [-0.3, -0.25) is 0 Å². The maximum Gasteiger partial charge on any atom is 0.0408 e. The van der Waals surface area contributed by atoms with E-state index < -0.39 is 0 Å². The summed E-state index contributed by atoms with van der Waals surface area (Å²) in [6.45, 7) is 4.73. The first-order chi connectivity index (χ1) is 8.24. The van der Waals surface area contributed by atoms with Crippen LogP contribution in [0, 0.1) is 5.92 Å². The molecule has 0 saturated carbocycles. The van der Waals surface area contributed by atoms with Crippen molar-refractivity contribution in [2.24, 2.45) is 5.92 Å². The fourth-order valence-electron chi connectivity index (χ4n) is 2.59. The van der Waals surface area contributed by atoms with Crippen LogP contribution in [0.5, 0.6) is 0 Å². The molecule has 1 saturated heterocycles. The Bertz CT molecular complexity index is 378. The molecule has 0 spiro atoms. The quantitative estimate of drug-likeness (QED) is 0.688. The standard InChI is InChI=1S/C14H19Br2N/c1-2-11-4-3-7-17(10-11)14-6-5-13(16)8-12(14)9-15/h5-6,8,11H,2-4,7,9-10H2,1H3. The molecule has 1 nitrogen and oxygen atoms in total. The monoisotopic (exact) mass is 359 g/mol. The van der Waals surface area contributed by atoms with Crippen molar-refractivity contribution in [3.8, 4) is 0 Å². The summed E-state index contributed by atoms with van der Waals surface area (Å²) in [6.07, 6.45) is 4.03. The van der Waals surface area contributed by atoms with Crippen LogP contribution < -0.4 is 4.90 Å². The van der Waals surface area contributed by atoms with Gasteiger partial charge in [0.2, 0.25) is 0 Å². The lowest BCUT2D eigenvalue weighted by Crippen LogP contribution is -2.35. The zero-order valence-electron chi connectivity index (χ0n) is 10.3. The predicted molar refractivity (Wildman–Crippen MR) is 82.0 cm³/mol. The van der Waals surface area contributed by atoms with Crippen molar-refractivity contribution < 1.29 is 0 Å². The van der Waals surface area contributed by atoms with E-state index in [1.165, 1.54) is 48.1 Å². The van der Waals surface area contributed by atoms with E-state index in [0.29, 0.717) is 0 Å². The van der Waals surface area contributed by atoms with Crippen LogP contribution in [-0.4, -0.2) is 13.1 Å². The Kier molecular flexibility index (Phi) is 4.92. The number of hydrogen-bond donors (Lipinski definition) is 0. The summed E-state index contributed by atoms with van der Waals surface area (Å²) in [5, 5.41) is 0.926. The number of rotatable bonds is 3. The van der Waals surface area contributed by atoms with Crippen molar-refractivity contribution >= 4 is 37.5 Å². The second kappa shape index (κ2) is 6.24. The second-order valence-corrected chi connectivity index (χ2v) is 6.25. The van der Waals surface area contributed by atoms with E-state index in [-0.39, 0.29) is 0 Å². The van der Waals surface area contributed by atoms with Crippen LogP contribution in [0.3, 0.4) is 0 Å². The molecule has 1 aliphatic rings. The van der Waals surface area contributed by atoms with Gasteiger partial charge in [-0.1, -0.05) is 45.2 Å².